The van der Waals surface area contributed by atoms with Crippen LogP contribution in [0.3, 0.4) is 0 Å². The van der Waals surface area contributed by atoms with Gasteiger partial charge in [0.25, 0.3) is 5.91 Å². The molecule has 8 fully saturated rings. The number of carbonyl (C=O) groups is 4. The van der Waals surface area contributed by atoms with Gasteiger partial charge in [0.15, 0.2) is 0 Å². The number of rotatable bonds is 9. The molecule has 4 aliphatic heterocycles. The van der Waals surface area contributed by atoms with E-state index >= 15 is 0 Å². The lowest BCUT2D eigenvalue weighted by Gasteiger charge is -2.35. The summed E-state index contributed by atoms with van der Waals surface area (Å²) in [5, 5.41) is 28.4. The molecule has 108 heavy (non-hydrogen) atoms. The van der Waals surface area contributed by atoms with Gasteiger partial charge in [-0.3, -0.25) is 29.5 Å². The van der Waals surface area contributed by atoms with E-state index in [0.29, 0.717) is 27.1 Å². The Bertz CT molecular complexity index is 5010. The quantitative estimate of drug-likeness (QED) is 0.0846. The Morgan fingerprint density at radius 1 is 0.444 bits per heavy atom. The van der Waals surface area contributed by atoms with Gasteiger partial charge in [0, 0.05) is 155 Å². The number of amides is 2. The van der Waals surface area contributed by atoms with Crippen LogP contribution < -0.4 is 36.0 Å². The average Bonchev–Trinajstić information content (AvgIpc) is 1.59. The third-order valence-corrected chi connectivity index (χ3v) is 23.9. The Morgan fingerprint density at radius 2 is 0.759 bits per heavy atom. The average molecular weight is 1510 g/mol. The lowest BCUT2D eigenvalue weighted by molar-refractivity contribution is -0.139. The van der Waals surface area contributed by atoms with E-state index in [1.165, 1.54) is 48.9 Å². The summed E-state index contributed by atoms with van der Waals surface area (Å²) in [4.78, 5) is 72.4. The molecule has 0 bridgehead atoms. The topological polar surface area (TPSA) is 233 Å². The Morgan fingerprint density at radius 3 is 1.06 bits per heavy atom. The van der Waals surface area contributed by atoms with Gasteiger partial charge in [-0.05, 0) is 265 Å². The maximum atomic E-state index is 13.8. The van der Waals surface area contributed by atoms with Crippen molar-refractivity contribution in [3.8, 4) is 0 Å². The molecule has 8 aliphatic rings. The van der Waals surface area contributed by atoms with E-state index in [2.05, 4.69) is 50.2 Å². The minimum Gasteiger partial charge on any atom is -0.481 e. The number of aliphatic carboxylic acids is 1. The van der Waals surface area contributed by atoms with E-state index in [0.717, 1.165) is 189 Å². The van der Waals surface area contributed by atoms with Gasteiger partial charge in [-0.2, -0.15) is 0 Å². The fraction of sp³-hybridized carbons (Fsp3) is 0.381. The predicted octanol–water partition coefficient (Wildman–Crippen LogP) is 16.9. The molecule has 6 aromatic carbocycles. The maximum absolute atomic E-state index is 13.8. The smallest absolute Gasteiger partial charge is 0.407 e. The summed E-state index contributed by atoms with van der Waals surface area (Å²) < 4.78 is 59.9. The van der Waals surface area contributed by atoms with Crippen molar-refractivity contribution in [1.29, 1.82) is 0 Å². The van der Waals surface area contributed by atoms with E-state index in [1.807, 2.05) is 51.2 Å². The normalized spacial score (nSPS) is 20.8. The molecule has 0 radical (unpaired) electrons. The van der Waals surface area contributed by atoms with E-state index in [-0.39, 0.29) is 75.1 Å². The number of alkyl carbamates (subject to hydrolysis) is 1. The maximum Gasteiger partial charge on any atom is 0.407 e. The summed E-state index contributed by atoms with van der Waals surface area (Å²) in [5.41, 5.74) is 14.7. The first kappa shape index (κ1) is 74.9. The van der Waals surface area contributed by atoms with Crippen molar-refractivity contribution in [2.24, 2.45) is 33.3 Å². The molecule has 6 N–H and O–H groups in total. The largest absolute Gasteiger partial charge is 0.481 e. The molecular formula is C84H87Cl2F4N11O7. The highest BCUT2D eigenvalue weighted by Gasteiger charge is 2.60. The highest BCUT2D eigenvalue weighted by Crippen LogP contribution is 2.60. The van der Waals surface area contributed by atoms with Gasteiger partial charge in [-0.25, -0.2) is 27.2 Å². The molecule has 8 heterocycles. The zero-order valence-corrected chi connectivity index (χ0v) is 62.0. The number of fused-ring (bicyclic) bond motifs is 4. The first-order valence-corrected chi connectivity index (χ1v) is 37.7. The first-order valence-electron chi connectivity index (χ1n) is 37.0. The van der Waals surface area contributed by atoms with Crippen molar-refractivity contribution in [2.45, 2.75) is 122 Å². The summed E-state index contributed by atoms with van der Waals surface area (Å²) >= 11 is 11.4. The number of ether oxygens (including phenoxy) is 1. The summed E-state index contributed by atoms with van der Waals surface area (Å²) in [6.07, 6.45) is 18.9. The predicted molar refractivity (Wildman–Crippen MR) is 414 cm³/mol. The molecule has 18 rings (SSSR count). The third kappa shape index (κ3) is 16.9. The summed E-state index contributed by atoms with van der Waals surface area (Å²) in [6.45, 7) is 12.8. The monoisotopic (exact) mass is 1510 g/mol. The number of halogens is 6. The second kappa shape index (κ2) is 30.6. The molecule has 4 unspecified atom stereocenters. The fourth-order valence-electron chi connectivity index (χ4n) is 16.6. The number of carboxylic acid groups (broad SMARTS) is 2. The fourth-order valence-corrected chi connectivity index (χ4v) is 16.8. The first-order chi connectivity index (χ1) is 51.8. The number of nitrogens with one attached hydrogen (secondary N) is 2. The number of anilines is 4. The van der Waals surface area contributed by atoms with Crippen LogP contribution in [0.15, 0.2) is 170 Å². The van der Waals surface area contributed by atoms with E-state index < -0.39 is 17.5 Å². The van der Waals surface area contributed by atoms with Crippen molar-refractivity contribution in [3.63, 3.8) is 0 Å². The Labute approximate surface area is 634 Å². The number of carbonyl (C=O) groups excluding carboxylic acids is 2. The molecule has 4 aliphatic carbocycles. The molecule has 2 amide bonds. The molecule has 562 valence electrons. The van der Waals surface area contributed by atoms with Gasteiger partial charge < -0.3 is 50.9 Å². The molecule has 4 saturated heterocycles. The lowest BCUT2D eigenvalue weighted by atomic mass is 9.90. The lowest BCUT2D eigenvalue weighted by Crippen LogP contribution is -2.40. The number of carboxylic acids is 2. The van der Waals surface area contributed by atoms with Gasteiger partial charge in [-0.15, -0.1) is 0 Å². The second-order valence-corrected chi connectivity index (χ2v) is 32.1. The number of aromatic carboxylic acids is 1. The van der Waals surface area contributed by atoms with E-state index in [9.17, 15) is 36.7 Å². The van der Waals surface area contributed by atoms with Gasteiger partial charge >= 0.3 is 18.0 Å². The van der Waals surface area contributed by atoms with Crippen LogP contribution >= 0.6 is 23.2 Å². The third-order valence-electron chi connectivity index (χ3n) is 23.4. The molecule has 10 aromatic rings. The van der Waals surface area contributed by atoms with Crippen LogP contribution in [0.4, 0.5) is 45.1 Å². The number of hydrogen-bond acceptors (Lipinski definition) is 14. The number of hydrogen-bond donors (Lipinski definition) is 5. The molecular weight excluding hydrogens is 1420 g/mol. The van der Waals surface area contributed by atoms with Crippen LogP contribution in [-0.4, -0.2) is 130 Å². The zero-order chi connectivity index (χ0) is 75.9. The number of aromatic nitrogens is 4. The number of benzene rings is 6. The highest BCUT2D eigenvalue weighted by atomic mass is 35.5. The molecule has 4 spiro atoms. The van der Waals surface area contributed by atoms with E-state index in [4.69, 9.17) is 43.9 Å². The Kier molecular flexibility index (Phi) is 21.3. The SMILES string of the molecule is CC(C)(C)OC(=O)NC1CC12CCN(c1ccnc3ccc(F)cc13)CC2.NC1CC12CCN(c1ccnc3ccc(F)cc13)CC2.O=C(NC1CC12CCN(c1ccnc3ccc(F)cc13)CC2)c1ccc(Cl)cc1.O=C(O)C1CC12CCN(c1ccnc3ccc(F)cc13)CC2.O=C(O)c1ccc(Cl)cc1. The molecule has 4 aromatic heterocycles. The molecule has 24 heteroatoms. The standard InChI is InChI=1S/C23H21ClFN3O.C21H26FN3O2.C17H17FN2O2.C16H18FN3.C7H5ClO2/c24-16-3-1-15(2-4-16)22(29)27-21-14-23(21)8-11-28(12-9-23)20-7-10-26-19-6-5-17(25)13-18(19)20;1-20(2,3)27-19(26)24-18-13-21(18)7-10-25(11-8-21)17-6-9-23-16-5-4-14(22)12-15(16)17;18-11-1-2-14-12(9-11)15(3-6-19-14)20-7-4-17(5-8-20)10-13(17)16(21)22;17-11-1-2-13-12(9-11)14(3-6-19-13)20-7-4-16(5-8-20)10-15(16)18;8-6-3-1-5(2-4-6)7(9)10/h1-7,10,13,21H,8-9,11-12,14H2,(H,27,29);4-6,9,12,18H,7-8,10-11,13H2,1-3H3,(H,24,26);1-3,6,9,13H,4-5,7-8,10H2,(H,21,22);1-3,6,9,15H,4-5,7-8,10,18H2;1-4H,(H,9,10). The van der Waals surface area contributed by atoms with Crippen LogP contribution in [0, 0.1) is 50.8 Å². The summed E-state index contributed by atoms with van der Waals surface area (Å²) in [7, 11) is 0. The number of pyridine rings is 4. The summed E-state index contributed by atoms with van der Waals surface area (Å²) in [5.74, 6) is -2.75. The minimum absolute atomic E-state index is 0.0103. The molecule has 4 atom stereocenters. The van der Waals surface area contributed by atoms with Crippen molar-refractivity contribution >= 4 is 114 Å². The van der Waals surface area contributed by atoms with Crippen LogP contribution in [0.2, 0.25) is 10.0 Å². The number of piperidine rings is 4. The van der Waals surface area contributed by atoms with Gasteiger partial charge in [0.1, 0.15) is 28.9 Å². The number of nitrogens with zero attached hydrogens (tertiary/aromatic N) is 8. The van der Waals surface area contributed by atoms with Crippen LogP contribution in [0.5, 0.6) is 0 Å². The van der Waals surface area contributed by atoms with E-state index in [1.54, 1.807) is 97.5 Å². The van der Waals surface area contributed by atoms with Crippen LogP contribution in [0.25, 0.3) is 43.6 Å². The zero-order valence-electron chi connectivity index (χ0n) is 60.5. The van der Waals surface area contributed by atoms with Gasteiger partial charge in [-0.1, -0.05) is 23.2 Å². The minimum atomic E-state index is -0.934. The van der Waals surface area contributed by atoms with Crippen LogP contribution in [0.1, 0.15) is 119 Å². The Balaban J connectivity index is 0.000000116. The summed E-state index contributed by atoms with van der Waals surface area (Å²) in [6, 6.07) is 40.6. The van der Waals surface area contributed by atoms with Crippen molar-refractivity contribution < 1.29 is 51.7 Å². The number of nitrogens with two attached hydrogens (primary N) is 1. The molecule has 18 nitrogen and oxygen atoms in total. The van der Waals surface area contributed by atoms with Gasteiger partial charge in [0.05, 0.1) is 33.5 Å². The second-order valence-electron chi connectivity index (χ2n) is 31.2. The van der Waals surface area contributed by atoms with Crippen molar-refractivity contribution in [1.82, 2.24) is 30.6 Å². The Hall–Kier alpha value is -9.90. The van der Waals surface area contributed by atoms with Crippen molar-refractivity contribution in [3.05, 3.63) is 215 Å². The highest BCUT2D eigenvalue weighted by molar-refractivity contribution is 6.31. The van der Waals surface area contributed by atoms with Gasteiger partial charge in [0.2, 0.25) is 0 Å². The van der Waals surface area contributed by atoms with Crippen LogP contribution in [-0.2, 0) is 9.53 Å². The molecule has 4 saturated carbocycles. The van der Waals surface area contributed by atoms with Crippen molar-refractivity contribution in [2.75, 3.05) is 72.0 Å².